The molecule has 2 aromatic heterocycles. The van der Waals surface area contributed by atoms with Gasteiger partial charge in [-0.05, 0) is 32.4 Å². The van der Waals surface area contributed by atoms with Gasteiger partial charge in [0, 0.05) is 35.3 Å². The second-order valence-electron chi connectivity index (χ2n) is 7.67. The third kappa shape index (κ3) is 4.97. The maximum absolute atomic E-state index is 4.75. The van der Waals surface area contributed by atoms with Crippen molar-refractivity contribution in [3.05, 3.63) is 40.1 Å². The van der Waals surface area contributed by atoms with E-state index in [2.05, 4.69) is 75.3 Å². The number of thiazole rings is 1. The van der Waals surface area contributed by atoms with Gasteiger partial charge in [0.1, 0.15) is 5.01 Å². The molecule has 1 N–H and O–H groups in total. The Labute approximate surface area is 132 Å². The molecule has 0 amide bonds. The normalized spacial score (nSPS) is 12.9. The van der Waals surface area contributed by atoms with E-state index in [1.807, 2.05) is 0 Å². The Kier molecular flexibility index (Phi) is 4.59. The molecular formula is C17H27N3S. The molecule has 0 atom stereocenters. The second-order valence-corrected chi connectivity index (χ2v) is 8.61. The first kappa shape index (κ1) is 16.2. The van der Waals surface area contributed by atoms with E-state index < -0.39 is 0 Å². The van der Waals surface area contributed by atoms with Crippen LogP contribution in [0.1, 0.15) is 57.8 Å². The fraction of sp³-hybridized carbons (Fsp3) is 0.588. The van der Waals surface area contributed by atoms with E-state index in [1.165, 1.54) is 16.3 Å². The molecule has 0 spiro atoms. The van der Waals surface area contributed by atoms with Crippen molar-refractivity contribution in [2.24, 2.45) is 0 Å². The first-order valence-electron chi connectivity index (χ1n) is 7.48. The van der Waals surface area contributed by atoms with Crippen molar-refractivity contribution in [1.29, 1.82) is 0 Å². The number of nitrogens with zero attached hydrogens (tertiary/aromatic N) is 2. The predicted molar refractivity (Wildman–Crippen MR) is 90.9 cm³/mol. The van der Waals surface area contributed by atoms with Crippen LogP contribution in [0.15, 0.2) is 23.8 Å². The lowest BCUT2D eigenvalue weighted by molar-refractivity contribution is 0.424. The van der Waals surface area contributed by atoms with E-state index in [4.69, 9.17) is 4.98 Å². The molecule has 0 saturated carbocycles. The van der Waals surface area contributed by atoms with Gasteiger partial charge < -0.3 is 9.88 Å². The second kappa shape index (κ2) is 5.93. The van der Waals surface area contributed by atoms with Crippen LogP contribution in [-0.4, -0.2) is 15.1 Å². The molecule has 4 heteroatoms. The van der Waals surface area contributed by atoms with Gasteiger partial charge in [-0.25, -0.2) is 4.98 Å². The molecule has 2 aromatic rings. The van der Waals surface area contributed by atoms with Crippen molar-refractivity contribution in [3.63, 3.8) is 0 Å². The highest BCUT2D eigenvalue weighted by atomic mass is 32.1. The van der Waals surface area contributed by atoms with Crippen LogP contribution < -0.4 is 5.32 Å². The van der Waals surface area contributed by atoms with Crippen molar-refractivity contribution in [2.75, 3.05) is 0 Å². The Morgan fingerprint density at radius 1 is 1.19 bits per heavy atom. The van der Waals surface area contributed by atoms with Crippen molar-refractivity contribution in [2.45, 2.75) is 65.6 Å². The minimum absolute atomic E-state index is 0.132. The fourth-order valence-electron chi connectivity index (χ4n) is 1.94. The fourth-order valence-corrected chi connectivity index (χ4v) is 2.97. The summed E-state index contributed by atoms with van der Waals surface area (Å²) in [7, 11) is 0. The van der Waals surface area contributed by atoms with Crippen molar-refractivity contribution in [1.82, 2.24) is 14.9 Å². The minimum atomic E-state index is 0.132. The molecular weight excluding hydrogens is 278 g/mol. The first-order valence-corrected chi connectivity index (χ1v) is 8.36. The molecule has 0 aromatic carbocycles. The third-order valence-electron chi connectivity index (χ3n) is 3.27. The van der Waals surface area contributed by atoms with E-state index in [0.717, 1.165) is 13.1 Å². The van der Waals surface area contributed by atoms with Gasteiger partial charge in [0.05, 0.1) is 12.2 Å². The van der Waals surface area contributed by atoms with Gasteiger partial charge in [0.25, 0.3) is 0 Å². The third-order valence-corrected chi connectivity index (χ3v) is 4.11. The van der Waals surface area contributed by atoms with E-state index in [-0.39, 0.29) is 11.0 Å². The van der Waals surface area contributed by atoms with Crippen LogP contribution in [-0.2, 0) is 18.5 Å². The highest BCUT2D eigenvalue weighted by Crippen LogP contribution is 2.24. The smallest absolute Gasteiger partial charge is 0.113 e. The van der Waals surface area contributed by atoms with Crippen LogP contribution in [0.2, 0.25) is 0 Å². The lowest BCUT2D eigenvalue weighted by Gasteiger charge is -2.19. The van der Waals surface area contributed by atoms with Crippen molar-refractivity contribution in [3.8, 4) is 0 Å². The van der Waals surface area contributed by atoms with Gasteiger partial charge in [-0.2, -0.15) is 0 Å². The van der Waals surface area contributed by atoms with Crippen molar-refractivity contribution >= 4 is 11.3 Å². The maximum atomic E-state index is 4.75. The molecule has 21 heavy (non-hydrogen) atoms. The van der Waals surface area contributed by atoms with E-state index in [1.54, 1.807) is 11.3 Å². The van der Waals surface area contributed by atoms with Crippen LogP contribution in [0.4, 0.5) is 0 Å². The van der Waals surface area contributed by atoms with Crippen LogP contribution in [0.25, 0.3) is 0 Å². The molecule has 0 aliphatic carbocycles. The summed E-state index contributed by atoms with van der Waals surface area (Å²) in [6.07, 6.45) is 4.34. The standard InChI is InChI=1S/C17H27N3S/c1-16(2,3)14-12-21-15(19-14)11-20-8-7-13(10-20)9-18-17(4,5)6/h7-8,10,12,18H,9,11H2,1-6H3. The topological polar surface area (TPSA) is 29.9 Å². The van der Waals surface area contributed by atoms with Gasteiger partial charge in [-0.1, -0.05) is 20.8 Å². The average molecular weight is 305 g/mol. The quantitative estimate of drug-likeness (QED) is 0.918. The zero-order valence-corrected chi connectivity index (χ0v) is 14.8. The highest BCUT2D eigenvalue weighted by Gasteiger charge is 2.17. The van der Waals surface area contributed by atoms with E-state index in [0.29, 0.717) is 0 Å². The number of nitrogens with one attached hydrogen (secondary N) is 1. The summed E-state index contributed by atoms with van der Waals surface area (Å²) < 4.78 is 2.21. The Bertz CT molecular complexity index is 582. The van der Waals surface area contributed by atoms with Gasteiger partial charge in [-0.15, -0.1) is 11.3 Å². The average Bonchev–Trinajstić information content (AvgIpc) is 2.94. The minimum Gasteiger partial charge on any atom is -0.347 e. The molecule has 0 aliphatic heterocycles. The number of hydrogen-bond donors (Lipinski definition) is 1. The number of aromatic nitrogens is 2. The summed E-state index contributed by atoms with van der Waals surface area (Å²) in [6, 6.07) is 2.18. The molecule has 0 aliphatic rings. The lowest BCUT2D eigenvalue weighted by Crippen LogP contribution is -2.34. The molecule has 0 saturated heterocycles. The summed E-state index contributed by atoms with van der Waals surface area (Å²) in [5, 5.41) is 6.87. The SMILES string of the molecule is CC(C)(C)NCc1ccn(Cc2nc(C(C)(C)C)cs2)c1. The molecule has 3 nitrogen and oxygen atoms in total. The zero-order valence-electron chi connectivity index (χ0n) is 14.0. The van der Waals surface area contributed by atoms with Crippen LogP contribution in [0.5, 0.6) is 0 Å². The first-order chi connectivity index (χ1) is 9.63. The molecule has 0 fully saturated rings. The summed E-state index contributed by atoms with van der Waals surface area (Å²) in [5.74, 6) is 0. The summed E-state index contributed by atoms with van der Waals surface area (Å²) >= 11 is 1.75. The summed E-state index contributed by atoms with van der Waals surface area (Å²) in [4.78, 5) is 4.75. The van der Waals surface area contributed by atoms with E-state index in [9.17, 15) is 0 Å². The number of rotatable bonds is 4. The lowest BCUT2D eigenvalue weighted by atomic mass is 9.93. The predicted octanol–water partition coefficient (Wildman–Crippen LogP) is 4.18. The van der Waals surface area contributed by atoms with Crippen LogP contribution >= 0.6 is 11.3 Å². The zero-order chi connectivity index (χ0) is 15.7. The largest absolute Gasteiger partial charge is 0.347 e. The molecule has 0 bridgehead atoms. The summed E-state index contributed by atoms with van der Waals surface area (Å²) in [6.45, 7) is 14.9. The molecule has 116 valence electrons. The Balaban J connectivity index is 1.98. The molecule has 0 radical (unpaired) electrons. The van der Waals surface area contributed by atoms with Crippen LogP contribution in [0, 0.1) is 0 Å². The monoisotopic (exact) mass is 305 g/mol. The Morgan fingerprint density at radius 2 is 1.90 bits per heavy atom. The Morgan fingerprint density at radius 3 is 2.48 bits per heavy atom. The highest BCUT2D eigenvalue weighted by molar-refractivity contribution is 7.09. The van der Waals surface area contributed by atoms with Gasteiger partial charge in [-0.3, -0.25) is 0 Å². The van der Waals surface area contributed by atoms with E-state index >= 15 is 0 Å². The number of hydrogen-bond acceptors (Lipinski definition) is 3. The van der Waals surface area contributed by atoms with Crippen molar-refractivity contribution < 1.29 is 0 Å². The maximum Gasteiger partial charge on any atom is 0.113 e. The molecule has 2 heterocycles. The molecule has 0 unspecified atom stereocenters. The van der Waals surface area contributed by atoms with Crippen LogP contribution in [0.3, 0.4) is 0 Å². The Hall–Kier alpha value is -1.13. The van der Waals surface area contributed by atoms with Gasteiger partial charge in [0.2, 0.25) is 0 Å². The van der Waals surface area contributed by atoms with Gasteiger partial charge in [0.15, 0.2) is 0 Å². The summed E-state index contributed by atoms with van der Waals surface area (Å²) in [5.41, 5.74) is 2.79. The van der Waals surface area contributed by atoms with Gasteiger partial charge >= 0.3 is 0 Å². The molecule has 2 rings (SSSR count).